The molecule has 0 bridgehead atoms. The maximum atomic E-state index is 11.7. The van der Waals surface area contributed by atoms with Gasteiger partial charge in [0.1, 0.15) is 5.75 Å². The molecule has 3 N–H and O–H groups in total. The first kappa shape index (κ1) is 15.3. The first-order valence-electron chi connectivity index (χ1n) is 6.98. The summed E-state index contributed by atoms with van der Waals surface area (Å²) >= 11 is 0. The third-order valence-corrected chi connectivity index (χ3v) is 3.31. The molecule has 6 nitrogen and oxygen atoms in total. The smallest absolute Gasteiger partial charge is 0.258 e. The normalized spacial score (nSPS) is 17.5. The number of benzene rings is 1. The van der Waals surface area contributed by atoms with Crippen molar-refractivity contribution in [1.82, 2.24) is 5.32 Å². The molecule has 1 atom stereocenters. The monoisotopic (exact) mass is 292 g/mol. The first-order chi connectivity index (χ1) is 10.1. The number of carbonyl (C=O) groups is 2. The van der Waals surface area contributed by atoms with Crippen LogP contribution in [0.4, 0.5) is 0 Å². The molecule has 2 rings (SSSR count). The molecule has 0 aromatic heterocycles. The molecular formula is C15H20N2O4. The summed E-state index contributed by atoms with van der Waals surface area (Å²) < 4.78 is 10.8. The van der Waals surface area contributed by atoms with Crippen LogP contribution in [-0.2, 0) is 9.53 Å². The van der Waals surface area contributed by atoms with Crippen LogP contribution in [0.15, 0.2) is 18.2 Å². The highest BCUT2D eigenvalue weighted by Crippen LogP contribution is 2.19. The number of nitrogens with one attached hydrogen (secondary N) is 1. The molecule has 0 saturated carbocycles. The van der Waals surface area contributed by atoms with E-state index in [0.29, 0.717) is 12.3 Å². The average Bonchev–Trinajstić information content (AvgIpc) is 2.96. The fraction of sp³-hybridized carbons (Fsp3) is 0.467. The number of nitrogens with two attached hydrogens (primary N) is 1. The van der Waals surface area contributed by atoms with Gasteiger partial charge in [0, 0.05) is 13.2 Å². The fourth-order valence-electron chi connectivity index (χ4n) is 2.18. The number of aryl methyl sites for hydroxylation is 1. The van der Waals surface area contributed by atoms with Gasteiger partial charge in [-0.25, -0.2) is 0 Å². The minimum atomic E-state index is -0.579. The molecule has 6 heteroatoms. The highest BCUT2D eigenvalue weighted by atomic mass is 16.5. The Morgan fingerprint density at radius 2 is 2.29 bits per heavy atom. The van der Waals surface area contributed by atoms with Gasteiger partial charge in [0.15, 0.2) is 6.61 Å². The van der Waals surface area contributed by atoms with Gasteiger partial charge in [-0.15, -0.1) is 0 Å². The van der Waals surface area contributed by atoms with E-state index in [9.17, 15) is 9.59 Å². The van der Waals surface area contributed by atoms with Gasteiger partial charge in [0.25, 0.3) is 11.8 Å². The maximum Gasteiger partial charge on any atom is 0.258 e. The van der Waals surface area contributed by atoms with Gasteiger partial charge < -0.3 is 20.5 Å². The Kier molecular flexibility index (Phi) is 5.16. The standard InChI is InChI=1S/C15H20N2O4/c1-10-4-5-12(15(16)19)13(7-10)21-9-14(18)17-8-11-3-2-6-20-11/h4-5,7,11H,2-3,6,8-9H2,1H3,(H2,16,19)(H,17,18)/t11-/m1/s1. The van der Waals surface area contributed by atoms with Crippen molar-refractivity contribution in [2.75, 3.05) is 19.8 Å². The van der Waals surface area contributed by atoms with Crippen molar-refractivity contribution in [3.05, 3.63) is 29.3 Å². The Balaban J connectivity index is 1.85. The number of hydrogen-bond acceptors (Lipinski definition) is 4. The third-order valence-electron chi connectivity index (χ3n) is 3.31. The predicted molar refractivity (Wildman–Crippen MR) is 77.2 cm³/mol. The van der Waals surface area contributed by atoms with Gasteiger partial charge in [-0.3, -0.25) is 9.59 Å². The third kappa shape index (κ3) is 4.46. The molecule has 0 aliphatic carbocycles. The Labute approximate surface area is 123 Å². The van der Waals surface area contributed by atoms with E-state index < -0.39 is 5.91 Å². The molecule has 1 saturated heterocycles. The van der Waals surface area contributed by atoms with Crippen LogP contribution in [0, 0.1) is 6.92 Å². The van der Waals surface area contributed by atoms with E-state index >= 15 is 0 Å². The second-order valence-corrected chi connectivity index (χ2v) is 5.09. The van der Waals surface area contributed by atoms with Crippen LogP contribution in [0.5, 0.6) is 5.75 Å². The summed E-state index contributed by atoms with van der Waals surface area (Å²) in [5, 5.41) is 2.75. The topological polar surface area (TPSA) is 90.7 Å². The van der Waals surface area contributed by atoms with E-state index in [4.69, 9.17) is 15.2 Å². The van der Waals surface area contributed by atoms with E-state index in [1.165, 1.54) is 0 Å². The molecule has 114 valence electrons. The first-order valence-corrected chi connectivity index (χ1v) is 6.98. The average molecular weight is 292 g/mol. The Morgan fingerprint density at radius 1 is 1.48 bits per heavy atom. The van der Waals surface area contributed by atoms with Crippen molar-refractivity contribution in [1.29, 1.82) is 0 Å². The van der Waals surface area contributed by atoms with E-state index in [2.05, 4.69) is 5.32 Å². The zero-order chi connectivity index (χ0) is 15.2. The lowest BCUT2D eigenvalue weighted by molar-refractivity contribution is -0.123. The maximum absolute atomic E-state index is 11.7. The van der Waals surface area contributed by atoms with E-state index in [0.717, 1.165) is 25.0 Å². The molecule has 1 heterocycles. The summed E-state index contributed by atoms with van der Waals surface area (Å²) in [7, 11) is 0. The number of hydrogen-bond donors (Lipinski definition) is 2. The van der Waals surface area contributed by atoms with E-state index in [1.807, 2.05) is 6.92 Å². The number of carbonyl (C=O) groups excluding carboxylic acids is 2. The summed E-state index contributed by atoms with van der Waals surface area (Å²) in [5.41, 5.74) is 6.47. The molecule has 1 fully saturated rings. The minimum Gasteiger partial charge on any atom is -0.483 e. The van der Waals surface area contributed by atoms with Crippen LogP contribution < -0.4 is 15.8 Å². The Hall–Kier alpha value is -2.08. The van der Waals surface area contributed by atoms with E-state index in [1.54, 1.807) is 18.2 Å². The molecule has 2 amide bonds. The summed E-state index contributed by atoms with van der Waals surface area (Å²) in [4.78, 5) is 23.0. The molecule has 21 heavy (non-hydrogen) atoms. The van der Waals surface area contributed by atoms with Crippen LogP contribution in [0.25, 0.3) is 0 Å². The van der Waals surface area contributed by atoms with Gasteiger partial charge >= 0.3 is 0 Å². The highest BCUT2D eigenvalue weighted by Gasteiger charge is 2.16. The van der Waals surface area contributed by atoms with E-state index in [-0.39, 0.29) is 24.2 Å². The fourth-order valence-corrected chi connectivity index (χ4v) is 2.18. The lowest BCUT2D eigenvalue weighted by Gasteiger charge is -2.13. The summed E-state index contributed by atoms with van der Waals surface area (Å²) in [5.74, 6) is -0.498. The Bertz CT molecular complexity index is 524. The van der Waals surface area contributed by atoms with Crippen molar-refractivity contribution in [2.24, 2.45) is 5.73 Å². The lowest BCUT2D eigenvalue weighted by Crippen LogP contribution is -2.35. The number of ether oxygens (including phenoxy) is 2. The number of rotatable bonds is 6. The van der Waals surface area contributed by atoms with Crippen molar-refractivity contribution in [3.8, 4) is 5.75 Å². The largest absolute Gasteiger partial charge is 0.483 e. The molecule has 1 aromatic rings. The number of amides is 2. The molecule has 1 aliphatic heterocycles. The van der Waals surface area contributed by atoms with Crippen LogP contribution in [0.2, 0.25) is 0 Å². The summed E-state index contributed by atoms with van der Waals surface area (Å²) in [6.45, 7) is 2.95. The van der Waals surface area contributed by atoms with Crippen molar-refractivity contribution < 1.29 is 19.1 Å². The predicted octanol–water partition coefficient (Wildman–Crippen LogP) is 0.768. The SMILES string of the molecule is Cc1ccc(C(N)=O)c(OCC(=O)NC[C@H]2CCCO2)c1. The van der Waals surface area contributed by atoms with Crippen LogP contribution in [0.3, 0.4) is 0 Å². The van der Waals surface area contributed by atoms with Crippen LogP contribution in [-0.4, -0.2) is 37.7 Å². The van der Waals surface area contributed by atoms with Gasteiger partial charge in [-0.2, -0.15) is 0 Å². The van der Waals surface area contributed by atoms with Crippen molar-refractivity contribution in [2.45, 2.75) is 25.9 Å². The lowest BCUT2D eigenvalue weighted by atomic mass is 10.1. The quantitative estimate of drug-likeness (QED) is 0.810. The summed E-state index contributed by atoms with van der Waals surface area (Å²) in [6.07, 6.45) is 2.08. The zero-order valence-corrected chi connectivity index (χ0v) is 12.1. The van der Waals surface area contributed by atoms with Crippen molar-refractivity contribution in [3.63, 3.8) is 0 Å². The molecule has 1 aromatic carbocycles. The molecule has 0 spiro atoms. The van der Waals surface area contributed by atoms with Crippen LogP contribution in [0.1, 0.15) is 28.8 Å². The minimum absolute atomic E-state index is 0.0918. The van der Waals surface area contributed by atoms with Crippen molar-refractivity contribution >= 4 is 11.8 Å². The Morgan fingerprint density at radius 3 is 2.95 bits per heavy atom. The van der Waals surface area contributed by atoms with Gasteiger partial charge in [0.2, 0.25) is 0 Å². The second-order valence-electron chi connectivity index (χ2n) is 5.09. The van der Waals surface area contributed by atoms with Gasteiger partial charge in [0.05, 0.1) is 11.7 Å². The summed E-state index contributed by atoms with van der Waals surface area (Å²) in [6, 6.07) is 5.05. The molecule has 0 radical (unpaired) electrons. The van der Waals surface area contributed by atoms with Gasteiger partial charge in [-0.1, -0.05) is 6.07 Å². The molecule has 0 unspecified atom stereocenters. The van der Waals surface area contributed by atoms with Gasteiger partial charge in [-0.05, 0) is 37.5 Å². The van der Waals surface area contributed by atoms with Crippen LogP contribution >= 0.6 is 0 Å². The molecular weight excluding hydrogens is 272 g/mol. The highest BCUT2D eigenvalue weighted by molar-refractivity contribution is 5.95. The number of primary amides is 1. The second kappa shape index (κ2) is 7.08. The zero-order valence-electron chi connectivity index (χ0n) is 12.1. The molecule has 1 aliphatic rings.